The molecule has 0 saturated carbocycles. The van der Waals surface area contributed by atoms with Crippen molar-refractivity contribution in [3.8, 4) is 5.75 Å². The summed E-state index contributed by atoms with van der Waals surface area (Å²) in [5.74, 6) is 1.11. The van der Waals surface area contributed by atoms with Crippen molar-refractivity contribution >= 4 is 27.5 Å². The van der Waals surface area contributed by atoms with Gasteiger partial charge in [-0.15, -0.1) is 11.6 Å². The smallest absolute Gasteiger partial charge is 0.133 e. The van der Waals surface area contributed by atoms with Gasteiger partial charge in [-0.1, -0.05) is 6.07 Å². The molecule has 1 nitrogen and oxygen atoms in total. The molecule has 72 valence electrons. The first-order chi connectivity index (χ1) is 6.27. The van der Waals surface area contributed by atoms with Crippen LogP contribution in [0.4, 0.5) is 4.39 Å². The number of hydrogen-bond donors (Lipinski definition) is 0. The van der Waals surface area contributed by atoms with Gasteiger partial charge in [0.15, 0.2) is 0 Å². The number of rotatable bonds is 4. The SMILES string of the molecule is FCCOc1ccc(CCl)cc1Br. The Morgan fingerprint density at radius 1 is 1.46 bits per heavy atom. The van der Waals surface area contributed by atoms with E-state index in [1.165, 1.54) is 0 Å². The van der Waals surface area contributed by atoms with Crippen molar-refractivity contribution < 1.29 is 9.13 Å². The van der Waals surface area contributed by atoms with Crippen LogP contribution in [0.1, 0.15) is 5.56 Å². The topological polar surface area (TPSA) is 9.23 Å². The summed E-state index contributed by atoms with van der Waals surface area (Å²) in [6, 6.07) is 5.49. The van der Waals surface area contributed by atoms with E-state index < -0.39 is 6.67 Å². The van der Waals surface area contributed by atoms with Crippen LogP contribution in [-0.4, -0.2) is 13.3 Å². The van der Waals surface area contributed by atoms with Crippen LogP contribution in [0.2, 0.25) is 0 Å². The maximum absolute atomic E-state index is 11.8. The molecule has 0 aliphatic heterocycles. The summed E-state index contributed by atoms with van der Waals surface area (Å²) in [6.45, 7) is -0.400. The number of hydrogen-bond acceptors (Lipinski definition) is 1. The van der Waals surface area contributed by atoms with Gasteiger partial charge in [0.05, 0.1) is 4.47 Å². The zero-order valence-corrected chi connectivity index (χ0v) is 9.24. The lowest BCUT2D eigenvalue weighted by Gasteiger charge is -2.06. The van der Waals surface area contributed by atoms with Gasteiger partial charge in [-0.2, -0.15) is 0 Å². The van der Waals surface area contributed by atoms with E-state index in [-0.39, 0.29) is 6.61 Å². The van der Waals surface area contributed by atoms with E-state index in [0.29, 0.717) is 11.6 Å². The van der Waals surface area contributed by atoms with Crippen LogP contribution in [0, 0.1) is 0 Å². The summed E-state index contributed by atoms with van der Waals surface area (Å²) >= 11 is 8.95. The predicted octanol–water partition coefficient (Wildman–Crippen LogP) is 3.54. The van der Waals surface area contributed by atoms with Gasteiger partial charge >= 0.3 is 0 Å². The quantitative estimate of drug-likeness (QED) is 0.758. The van der Waals surface area contributed by atoms with Crippen LogP contribution in [0.5, 0.6) is 5.75 Å². The van der Waals surface area contributed by atoms with E-state index in [4.69, 9.17) is 16.3 Å². The van der Waals surface area contributed by atoms with Gasteiger partial charge in [-0.3, -0.25) is 0 Å². The molecule has 0 aliphatic carbocycles. The molecule has 0 spiro atoms. The third-order valence-corrected chi connectivity index (χ3v) is 2.41. The molecule has 0 atom stereocenters. The third-order valence-electron chi connectivity index (χ3n) is 1.49. The van der Waals surface area contributed by atoms with Gasteiger partial charge in [0.25, 0.3) is 0 Å². The Labute approximate surface area is 90.0 Å². The summed E-state index contributed by atoms with van der Waals surface area (Å²) in [5.41, 5.74) is 1.00. The molecule has 13 heavy (non-hydrogen) atoms. The Kier molecular flexibility index (Phi) is 4.53. The Morgan fingerprint density at radius 2 is 2.23 bits per heavy atom. The Balaban J connectivity index is 2.73. The molecule has 0 saturated heterocycles. The largest absolute Gasteiger partial charge is 0.490 e. The van der Waals surface area contributed by atoms with Crippen molar-refractivity contribution in [3.63, 3.8) is 0 Å². The Morgan fingerprint density at radius 3 is 2.77 bits per heavy atom. The molecular weight excluding hydrogens is 258 g/mol. The third kappa shape index (κ3) is 3.16. The average Bonchev–Trinajstić information content (AvgIpc) is 2.16. The van der Waals surface area contributed by atoms with Crippen molar-refractivity contribution in [2.24, 2.45) is 0 Å². The van der Waals surface area contributed by atoms with Gasteiger partial charge in [-0.25, -0.2) is 4.39 Å². The molecule has 0 radical (unpaired) electrons. The molecule has 0 fully saturated rings. The van der Waals surface area contributed by atoms with Crippen molar-refractivity contribution in [2.75, 3.05) is 13.3 Å². The summed E-state index contributed by atoms with van der Waals surface area (Å²) in [6.07, 6.45) is 0. The lowest BCUT2D eigenvalue weighted by Crippen LogP contribution is -1.99. The highest BCUT2D eigenvalue weighted by atomic mass is 79.9. The monoisotopic (exact) mass is 266 g/mol. The maximum Gasteiger partial charge on any atom is 0.133 e. The van der Waals surface area contributed by atoms with E-state index in [1.54, 1.807) is 6.07 Å². The highest BCUT2D eigenvalue weighted by molar-refractivity contribution is 9.10. The summed E-state index contributed by atoms with van der Waals surface area (Å²) in [7, 11) is 0. The minimum Gasteiger partial charge on any atom is -0.490 e. The number of alkyl halides is 2. The molecule has 1 rings (SSSR count). The van der Waals surface area contributed by atoms with E-state index in [1.807, 2.05) is 12.1 Å². The van der Waals surface area contributed by atoms with Crippen LogP contribution in [0.25, 0.3) is 0 Å². The molecule has 0 aliphatic rings. The van der Waals surface area contributed by atoms with Gasteiger partial charge in [0.2, 0.25) is 0 Å². The second-order valence-electron chi connectivity index (χ2n) is 2.44. The first-order valence-corrected chi connectivity index (χ1v) is 5.14. The van der Waals surface area contributed by atoms with Crippen molar-refractivity contribution in [1.29, 1.82) is 0 Å². The standard InChI is InChI=1S/C9H9BrClFO/c10-8-5-7(6-11)1-2-9(8)13-4-3-12/h1-2,5H,3-4,6H2. The van der Waals surface area contributed by atoms with Gasteiger partial charge in [0.1, 0.15) is 19.0 Å². The average molecular weight is 268 g/mol. The molecule has 0 bridgehead atoms. The Hall–Kier alpha value is -0.280. The molecule has 4 heteroatoms. The van der Waals surface area contributed by atoms with Gasteiger partial charge < -0.3 is 4.74 Å². The fraction of sp³-hybridized carbons (Fsp3) is 0.333. The predicted molar refractivity (Wildman–Crippen MR) is 55.2 cm³/mol. The zero-order valence-electron chi connectivity index (χ0n) is 6.90. The highest BCUT2D eigenvalue weighted by Gasteiger charge is 2.01. The second kappa shape index (κ2) is 5.45. The summed E-state index contributed by atoms with van der Waals surface area (Å²) < 4.78 is 17.7. The van der Waals surface area contributed by atoms with Crippen molar-refractivity contribution in [1.82, 2.24) is 0 Å². The minimum absolute atomic E-state index is 0.0822. The number of ether oxygens (including phenoxy) is 1. The first-order valence-electron chi connectivity index (χ1n) is 3.81. The van der Waals surface area contributed by atoms with E-state index in [9.17, 15) is 4.39 Å². The van der Waals surface area contributed by atoms with Crippen LogP contribution in [0.3, 0.4) is 0 Å². The second-order valence-corrected chi connectivity index (χ2v) is 3.56. The van der Waals surface area contributed by atoms with Gasteiger partial charge in [-0.05, 0) is 33.6 Å². The molecule has 0 heterocycles. The van der Waals surface area contributed by atoms with Gasteiger partial charge in [0, 0.05) is 5.88 Å². The van der Waals surface area contributed by atoms with Crippen LogP contribution < -0.4 is 4.74 Å². The van der Waals surface area contributed by atoms with E-state index in [2.05, 4.69) is 15.9 Å². The zero-order chi connectivity index (χ0) is 9.68. The fourth-order valence-electron chi connectivity index (χ4n) is 0.893. The number of halogens is 3. The molecule has 0 N–H and O–H groups in total. The van der Waals surface area contributed by atoms with Crippen LogP contribution in [0.15, 0.2) is 22.7 Å². The van der Waals surface area contributed by atoms with E-state index in [0.717, 1.165) is 10.0 Å². The number of benzene rings is 1. The molecular formula is C9H9BrClFO. The molecule has 0 aromatic heterocycles. The molecule has 0 unspecified atom stereocenters. The molecule has 1 aromatic carbocycles. The molecule has 0 amide bonds. The van der Waals surface area contributed by atoms with E-state index >= 15 is 0 Å². The fourth-order valence-corrected chi connectivity index (χ4v) is 1.60. The summed E-state index contributed by atoms with van der Waals surface area (Å²) in [4.78, 5) is 0. The van der Waals surface area contributed by atoms with Crippen molar-refractivity contribution in [2.45, 2.75) is 5.88 Å². The first kappa shape index (κ1) is 10.8. The normalized spacial score (nSPS) is 10.1. The summed E-state index contributed by atoms with van der Waals surface area (Å²) in [5, 5.41) is 0. The minimum atomic E-state index is -0.482. The van der Waals surface area contributed by atoms with Crippen LogP contribution in [-0.2, 0) is 5.88 Å². The Bertz CT molecular complexity index is 280. The van der Waals surface area contributed by atoms with Crippen molar-refractivity contribution in [3.05, 3.63) is 28.2 Å². The lowest BCUT2D eigenvalue weighted by molar-refractivity contribution is 0.272. The lowest BCUT2D eigenvalue weighted by atomic mass is 10.2. The maximum atomic E-state index is 11.8. The molecule has 1 aromatic rings. The highest BCUT2D eigenvalue weighted by Crippen LogP contribution is 2.26. The van der Waals surface area contributed by atoms with Crippen LogP contribution >= 0.6 is 27.5 Å².